The highest BCUT2D eigenvalue weighted by Gasteiger charge is 1.97. The first kappa shape index (κ1) is 19.6. The second kappa shape index (κ2) is 16.7. The molecule has 0 spiro atoms. The predicted molar refractivity (Wildman–Crippen MR) is 88.5 cm³/mol. The summed E-state index contributed by atoms with van der Waals surface area (Å²) in [6, 6.07) is 0. The zero-order valence-electron chi connectivity index (χ0n) is 13.6. The number of allylic oxidation sites excluding steroid dienone is 2. The van der Waals surface area contributed by atoms with E-state index in [9.17, 15) is 4.39 Å². The number of alkyl halides is 1. The fraction of sp³-hybridized carbons (Fsp3) is 0.889. The summed E-state index contributed by atoms with van der Waals surface area (Å²) >= 11 is 0. The first-order chi connectivity index (χ1) is 9.77. The van der Waals surface area contributed by atoms with Gasteiger partial charge in [0.25, 0.3) is 0 Å². The van der Waals surface area contributed by atoms with Crippen molar-refractivity contribution in [3.8, 4) is 0 Å². The summed E-state index contributed by atoms with van der Waals surface area (Å²) < 4.78 is 12.3. The van der Waals surface area contributed by atoms with Gasteiger partial charge in [0.1, 0.15) is 6.30 Å². The molecule has 0 heterocycles. The van der Waals surface area contributed by atoms with Crippen LogP contribution in [-0.2, 0) is 0 Å². The van der Waals surface area contributed by atoms with Gasteiger partial charge in [-0.05, 0) is 38.5 Å². The molecule has 0 fully saturated rings. The second-order valence-electron chi connectivity index (χ2n) is 5.89. The fourth-order valence-electron chi connectivity index (χ4n) is 2.41. The van der Waals surface area contributed by atoms with Crippen molar-refractivity contribution in [2.45, 2.75) is 103 Å². The van der Waals surface area contributed by atoms with E-state index in [1.807, 2.05) is 0 Å². The third-order valence-corrected chi connectivity index (χ3v) is 3.74. The molecule has 1 atom stereocenters. The molecule has 2 N–H and O–H groups in total. The maximum absolute atomic E-state index is 12.3. The molecule has 1 nitrogen and oxygen atoms in total. The number of nitrogens with two attached hydrogens (primary N) is 1. The lowest BCUT2D eigenvalue weighted by atomic mass is 10.1. The molecule has 0 aliphatic carbocycles. The van der Waals surface area contributed by atoms with Crippen molar-refractivity contribution < 1.29 is 4.39 Å². The fourth-order valence-corrected chi connectivity index (χ4v) is 2.41. The number of hydrogen-bond acceptors (Lipinski definition) is 1. The molecule has 0 aliphatic rings. The summed E-state index contributed by atoms with van der Waals surface area (Å²) in [5.41, 5.74) is 5.07. The average molecular weight is 285 g/mol. The van der Waals surface area contributed by atoms with E-state index in [1.54, 1.807) is 0 Å². The topological polar surface area (TPSA) is 26.0 Å². The third kappa shape index (κ3) is 17.6. The smallest absolute Gasteiger partial charge is 0.148 e. The van der Waals surface area contributed by atoms with E-state index in [0.717, 1.165) is 12.8 Å². The number of unbranched alkanes of at least 4 members (excludes halogenated alkanes) is 11. The molecule has 0 radical (unpaired) electrons. The molecule has 2 heteroatoms. The van der Waals surface area contributed by atoms with Gasteiger partial charge in [-0.1, -0.05) is 70.4 Å². The van der Waals surface area contributed by atoms with E-state index >= 15 is 0 Å². The lowest BCUT2D eigenvalue weighted by Gasteiger charge is -2.01. The number of halogens is 1. The summed E-state index contributed by atoms with van der Waals surface area (Å²) in [5, 5.41) is 0. The SMILES string of the molecule is CCCCCCCC/C=C\CCCCCCCC(N)F. The lowest BCUT2D eigenvalue weighted by Crippen LogP contribution is -2.11. The highest BCUT2D eigenvalue weighted by Crippen LogP contribution is 2.10. The Labute approximate surface area is 126 Å². The van der Waals surface area contributed by atoms with E-state index in [-0.39, 0.29) is 0 Å². The van der Waals surface area contributed by atoms with Crippen molar-refractivity contribution in [3.05, 3.63) is 12.2 Å². The third-order valence-electron chi connectivity index (χ3n) is 3.74. The summed E-state index contributed by atoms with van der Waals surface area (Å²) in [7, 11) is 0. The van der Waals surface area contributed by atoms with Crippen molar-refractivity contribution in [2.24, 2.45) is 5.73 Å². The Bertz CT molecular complexity index is 202. The normalized spacial score (nSPS) is 13.2. The van der Waals surface area contributed by atoms with Crippen LogP contribution in [0.25, 0.3) is 0 Å². The molecule has 0 aromatic heterocycles. The van der Waals surface area contributed by atoms with Crippen LogP contribution in [0.2, 0.25) is 0 Å². The van der Waals surface area contributed by atoms with Crippen molar-refractivity contribution in [1.29, 1.82) is 0 Å². The van der Waals surface area contributed by atoms with Crippen LogP contribution < -0.4 is 5.73 Å². The Hall–Kier alpha value is -0.370. The van der Waals surface area contributed by atoms with Crippen molar-refractivity contribution in [3.63, 3.8) is 0 Å². The van der Waals surface area contributed by atoms with E-state index in [0.29, 0.717) is 6.42 Å². The highest BCUT2D eigenvalue weighted by atomic mass is 19.1. The van der Waals surface area contributed by atoms with Gasteiger partial charge in [-0.25, -0.2) is 4.39 Å². The molecule has 20 heavy (non-hydrogen) atoms. The van der Waals surface area contributed by atoms with Gasteiger partial charge in [-0.3, -0.25) is 0 Å². The average Bonchev–Trinajstić information content (AvgIpc) is 2.43. The van der Waals surface area contributed by atoms with E-state index in [2.05, 4.69) is 19.1 Å². The van der Waals surface area contributed by atoms with Gasteiger partial charge in [0, 0.05) is 0 Å². The van der Waals surface area contributed by atoms with Crippen molar-refractivity contribution in [2.75, 3.05) is 0 Å². The monoisotopic (exact) mass is 285 g/mol. The Morgan fingerprint density at radius 1 is 0.750 bits per heavy atom. The second-order valence-corrected chi connectivity index (χ2v) is 5.89. The van der Waals surface area contributed by atoms with Crippen LogP contribution in [0.5, 0.6) is 0 Å². The van der Waals surface area contributed by atoms with Gasteiger partial charge in [-0.2, -0.15) is 0 Å². The minimum Gasteiger partial charge on any atom is -0.302 e. The summed E-state index contributed by atoms with van der Waals surface area (Å²) in [4.78, 5) is 0. The first-order valence-electron chi connectivity index (χ1n) is 8.82. The van der Waals surface area contributed by atoms with E-state index in [4.69, 9.17) is 5.73 Å². The molecule has 0 amide bonds. The minimum atomic E-state index is -1.11. The first-order valence-corrected chi connectivity index (χ1v) is 8.82. The molecule has 0 aromatic rings. The van der Waals surface area contributed by atoms with Gasteiger partial charge in [-0.15, -0.1) is 0 Å². The van der Waals surface area contributed by atoms with Crippen LogP contribution >= 0.6 is 0 Å². The lowest BCUT2D eigenvalue weighted by molar-refractivity contribution is 0.314. The standard InChI is InChI=1S/C18H36FN/c1-2-3-4-5-6-7-8-9-10-11-12-13-14-15-16-17-18(19)20/h9-10,18H,2-8,11-17,20H2,1H3/b10-9-. The van der Waals surface area contributed by atoms with Crippen LogP contribution in [0.1, 0.15) is 96.8 Å². The molecule has 0 aromatic carbocycles. The maximum atomic E-state index is 12.3. The molecule has 0 rings (SSSR count). The number of hydrogen-bond donors (Lipinski definition) is 1. The summed E-state index contributed by atoms with van der Waals surface area (Å²) in [6.45, 7) is 2.26. The molecule has 0 saturated carbocycles. The van der Waals surface area contributed by atoms with Crippen LogP contribution in [0.4, 0.5) is 4.39 Å². The maximum Gasteiger partial charge on any atom is 0.148 e. The van der Waals surface area contributed by atoms with Crippen molar-refractivity contribution in [1.82, 2.24) is 0 Å². The van der Waals surface area contributed by atoms with E-state index < -0.39 is 6.30 Å². The molecule has 0 saturated heterocycles. The Morgan fingerprint density at radius 3 is 1.70 bits per heavy atom. The molecule has 0 bridgehead atoms. The van der Waals surface area contributed by atoms with Gasteiger partial charge < -0.3 is 5.73 Å². The minimum absolute atomic E-state index is 0.526. The summed E-state index contributed by atoms with van der Waals surface area (Å²) in [6.07, 6.45) is 20.7. The van der Waals surface area contributed by atoms with Gasteiger partial charge in [0.15, 0.2) is 0 Å². The zero-order chi connectivity index (χ0) is 14.9. The van der Waals surface area contributed by atoms with Crippen LogP contribution in [0.15, 0.2) is 12.2 Å². The Morgan fingerprint density at radius 2 is 1.20 bits per heavy atom. The number of rotatable bonds is 15. The molecular formula is C18H36FN. The molecule has 120 valence electrons. The van der Waals surface area contributed by atoms with Gasteiger partial charge in [0.2, 0.25) is 0 Å². The summed E-state index contributed by atoms with van der Waals surface area (Å²) in [5.74, 6) is 0. The largest absolute Gasteiger partial charge is 0.302 e. The van der Waals surface area contributed by atoms with Crippen LogP contribution in [0, 0.1) is 0 Å². The quantitative estimate of drug-likeness (QED) is 0.214. The Balaban J connectivity index is 3.05. The predicted octanol–water partition coefficient (Wildman–Crippen LogP) is 6.28. The molecule has 1 unspecified atom stereocenters. The Kier molecular flexibility index (Phi) is 16.4. The highest BCUT2D eigenvalue weighted by molar-refractivity contribution is 4.81. The van der Waals surface area contributed by atoms with Gasteiger partial charge >= 0.3 is 0 Å². The van der Waals surface area contributed by atoms with Gasteiger partial charge in [0.05, 0.1) is 0 Å². The zero-order valence-corrected chi connectivity index (χ0v) is 13.6. The molecular weight excluding hydrogens is 249 g/mol. The van der Waals surface area contributed by atoms with Crippen molar-refractivity contribution >= 4 is 0 Å². The van der Waals surface area contributed by atoms with Crippen LogP contribution in [-0.4, -0.2) is 6.30 Å². The van der Waals surface area contributed by atoms with Crippen LogP contribution in [0.3, 0.4) is 0 Å². The molecule has 0 aliphatic heterocycles. The van der Waals surface area contributed by atoms with E-state index in [1.165, 1.54) is 70.6 Å².